The average Bonchev–Trinajstić information content (AvgIpc) is 3.46. The van der Waals surface area contributed by atoms with E-state index >= 15 is 0 Å². The number of aryl methyl sites for hydroxylation is 2. The number of hydrogen-bond donors (Lipinski definition) is 2. The zero-order chi connectivity index (χ0) is 27.2. The van der Waals surface area contributed by atoms with Crippen LogP contribution in [0.25, 0.3) is 0 Å². The monoisotopic (exact) mass is 520 g/mol. The number of carbonyl (C=O) groups is 3. The van der Waals surface area contributed by atoms with Gasteiger partial charge in [-0.15, -0.1) is 0 Å². The van der Waals surface area contributed by atoms with Gasteiger partial charge in [-0.05, 0) is 69.7 Å². The second kappa shape index (κ2) is 9.82. The first-order chi connectivity index (χ1) is 18.1. The minimum absolute atomic E-state index is 0.187. The Morgan fingerprint density at radius 1 is 1.18 bits per heavy atom. The Balaban J connectivity index is 1.58. The molecule has 0 aromatic heterocycles. The van der Waals surface area contributed by atoms with Gasteiger partial charge < -0.3 is 24.8 Å². The normalized spacial score (nSPS) is 30.3. The fourth-order valence-electron chi connectivity index (χ4n) is 6.85. The molecule has 0 aliphatic carbocycles. The average molecular weight is 521 g/mol. The predicted molar refractivity (Wildman–Crippen MR) is 141 cm³/mol. The molecule has 0 saturated carbocycles. The van der Waals surface area contributed by atoms with Crippen molar-refractivity contribution < 1.29 is 29.0 Å². The van der Waals surface area contributed by atoms with Crippen molar-refractivity contribution in [1.29, 1.82) is 0 Å². The number of fused-ring (bicyclic) bond motifs is 1. The molecule has 0 radical (unpaired) electrons. The van der Waals surface area contributed by atoms with Gasteiger partial charge in [-0.2, -0.15) is 0 Å². The van der Waals surface area contributed by atoms with Crippen molar-refractivity contribution >= 4 is 23.5 Å². The Labute approximate surface area is 223 Å². The van der Waals surface area contributed by atoms with Gasteiger partial charge in [0.15, 0.2) is 0 Å². The van der Waals surface area contributed by atoms with Crippen molar-refractivity contribution in [3.8, 4) is 0 Å². The molecular formula is C30H36N2O6. The summed E-state index contributed by atoms with van der Waals surface area (Å²) in [6, 6.07) is 13.7. The van der Waals surface area contributed by atoms with E-state index in [2.05, 4.69) is 5.32 Å². The van der Waals surface area contributed by atoms with E-state index in [1.807, 2.05) is 69.3 Å². The molecule has 1 spiro atoms. The zero-order valence-electron chi connectivity index (χ0n) is 22.4. The fourth-order valence-corrected chi connectivity index (χ4v) is 6.85. The summed E-state index contributed by atoms with van der Waals surface area (Å²) in [5, 5.41) is 13.6. The van der Waals surface area contributed by atoms with Gasteiger partial charge in [-0.25, -0.2) is 0 Å². The summed E-state index contributed by atoms with van der Waals surface area (Å²) < 4.78 is 12.0. The zero-order valence-corrected chi connectivity index (χ0v) is 22.4. The first-order valence-electron chi connectivity index (χ1n) is 13.4. The van der Waals surface area contributed by atoms with E-state index in [1.54, 1.807) is 6.92 Å². The minimum atomic E-state index is -1.19. The molecule has 3 fully saturated rings. The number of likely N-dealkylation sites (tertiary alicyclic amines) is 1. The third-order valence-corrected chi connectivity index (χ3v) is 8.57. The van der Waals surface area contributed by atoms with E-state index in [9.17, 15) is 19.5 Å². The molecule has 2 aromatic rings. The summed E-state index contributed by atoms with van der Waals surface area (Å²) in [5.74, 6) is -2.88. The van der Waals surface area contributed by atoms with Gasteiger partial charge in [0.05, 0.1) is 30.8 Å². The molecule has 2 N–H and O–H groups in total. The largest absolute Gasteiger partial charge is 0.466 e. The molecule has 2 aromatic carbocycles. The van der Waals surface area contributed by atoms with Gasteiger partial charge in [0.2, 0.25) is 11.8 Å². The lowest BCUT2D eigenvalue weighted by Gasteiger charge is -2.37. The quantitative estimate of drug-likeness (QED) is 0.518. The van der Waals surface area contributed by atoms with E-state index in [-0.39, 0.29) is 25.0 Å². The van der Waals surface area contributed by atoms with E-state index in [1.165, 1.54) is 4.90 Å². The number of hydrogen-bond acceptors (Lipinski definition) is 6. The molecule has 3 heterocycles. The molecular weight excluding hydrogens is 484 g/mol. The van der Waals surface area contributed by atoms with Crippen molar-refractivity contribution in [1.82, 2.24) is 4.90 Å². The Hall–Kier alpha value is -3.23. The maximum absolute atomic E-state index is 14.3. The summed E-state index contributed by atoms with van der Waals surface area (Å²) in [7, 11) is 0. The van der Waals surface area contributed by atoms with E-state index < -0.39 is 41.1 Å². The molecule has 202 valence electrons. The number of benzene rings is 2. The maximum atomic E-state index is 14.3. The summed E-state index contributed by atoms with van der Waals surface area (Å²) in [4.78, 5) is 43.1. The van der Waals surface area contributed by atoms with Gasteiger partial charge in [0.25, 0.3) is 0 Å². The summed E-state index contributed by atoms with van der Waals surface area (Å²) >= 11 is 0. The van der Waals surface area contributed by atoms with Crippen LogP contribution in [0.4, 0.5) is 5.69 Å². The lowest BCUT2D eigenvalue weighted by Crippen LogP contribution is -2.57. The van der Waals surface area contributed by atoms with Crippen LogP contribution in [-0.4, -0.2) is 64.3 Å². The number of amides is 2. The first-order valence-corrected chi connectivity index (χ1v) is 13.4. The number of aliphatic hydroxyl groups excluding tert-OH is 1. The molecule has 3 saturated heterocycles. The molecule has 6 atom stereocenters. The van der Waals surface area contributed by atoms with Crippen molar-refractivity contribution in [3.63, 3.8) is 0 Å². The lowest BCUT2D eigenvalue weighted by molar-refractivity contribution is -0.160. The van der Waals surface area contributed by atoms with Crippen LogP contribution in [0.2, 0.25) is 0 Å². The van der Waals surface area contributed by atoms with Crippen LogP contribution in [0, 0.1) is 25.7 Å². The van der Waals surface area contributed by atoms with Crippen LogP contribution in [0.15, 0.2) is 48.5 Å². The molecule has 8 heteroatoms. The molecule has 2 bridgehead atoms. The molecule has 5 rings (SSSR count). The Kier molecular flexibility index (Phi) is 6.82. The molecule has 3 aliphatic heterocycles. The molecule has 2 unspecified atom stereocenters. The predicted octanol–water partition coefficient (Wildman–Crippen LogP) is 3.17. The molecule has 8 nitrogen and oxygen atoms in total. The molecule has 3 aliphatic rings. The highest BCUT2D eigenvalue weighted by atomic mass is 16.6. The third-order valence-electron chi connectivity index (χ3n) is 8.57. The van der Waals surface area contributed by atoms with Crippen LogP contribution in [0.1, 0.15) is 43.4 Å². The number of esters is 1. The van der Waals surface area contributed by atoms with Crippen LogP contribution >= 0.6 is 0 Å². The van der Waals surface area contributed by atoms with Crippen LogP contribution in [-0.2, 0) is 30.3 Å². The number of carbonyl (C=O) groups excluding carboxylic acids is 3. The summed E-state index contributed by atoms with van der Waals surface area (Å²) in [6.07, 6.45) is 1.35. The summed E-state index contributed by atoms with van der Waals surface area (Å²) in [5.41, 5.74) is 1.39. The first kappa shape index (κ1) is 26.4. The van der Waals surface area contributed by atoms with E-state index in [0.717, 1.165) is 16.7 Å². The third kappa shape index (κ3) is 4.10. The number of ether oxygens (including phenoxy) is 2. The van der Waals surface area contributed by atoms with Crippen LogP contribution in [0.3, 0.4) is 0 Å². The second-order valence-electron chi connectivity index (χ2n) is 11.1. The number of rotatable bonds is 8. The minimum Gasteiger partial charge on any atom is -0.466 e. The number of anilines is 1. The second-order valence-corrected chi connectivity index (χ2v) is 11.1. The number of nitrogens with zero attached hydrogens (tertiary/aromatic N) is 1. The molecule has 38 heavy (non-hydrogen) atoms. The van der Waals surface area contributed by atoms with Crippen LogP contribution < -0.4 is 5.32 Å². The van der Waals surface area contributed by atoms with Crippen molar-refractivity contribution in [2.75, 3.05) is 18.5 Å². The van der Waals surface area contributed by atoms with Gasteiger partial charge in [0, 0.05) is 5.69 Å². The SMILES string of the molecule is CCOC(=O)[C@@H]1[C@H]2C(=O)N([C@@H](CO)Cc3ccccc3)C(C(=O)Nc3cc(C)ccc3C)C23CC[C@@]1(C)O3. The topological polar surface area (TPSA) is 105 Å². The van der Waals surface area contributed by atoms with Crippen LogP contribution in [0.5, 0.6) is 0 Å². The Bertz CT molecular complexity index is 1250. The van der Waals surface area contributed by atoms with Crippen molar-refractivity contribution in [2.45, 2.75) is 70.2 Å². The standard InChI is InChI=1S/C30H36N2O6/c1-5-37-28(36)24-23-27(35)32(21(17-33)16-20-9-7-6-8-10-20)25(30(23)14-13-29(24,4)38-30)26(34)31-22-15-18(2)11-12-19(22)3/h6-12,15,21,23-25,33H,5,13-14,16-17H2,1-4H3,(H,31,34)/t21-,23+,24+,25?,29-,30?/m1/s1. The highest BCUT2D eigenvalue weighted by molar-refractivity contribution is 6.04. The summed E-state index contributed by atoms with van der Waals surface area (Å²) in [6.45, 7) is 7.28. The van der Waals surface area contributed by atoms with Crippen molar-refractivity contribution in [3.05, 3.63) is 65.2 Å². The fraction of sp³-hybridized carbons (Fsp3) is 0.500. The van der Waals surface area contributed by atoms with Gasteiger partial charge >= 0.3 is 5.97 Å². The van der Waals surface area contributed by atoms with Gasteiger partial charge in [-0.3, -0.25) is 14.4 Å². The Morgan fingerprint density at radius 2 is 1.92 bits per heavy atom. The smallest absolute Gasteiger partial charge is 0.312 e. The maximum Gasteiger partial charge on any atom is 0.312 e. The highest BCUT2D eigenvalue weighted by Crippen LogP contribution is 2.63. The number of aliphatic hydroxyl groups is 1. The highest BCUT2D eigenvalue weighted by Gasteiger charge is 2.78. The molecule has 2 amide bonds. The van der Waals surface area contributed by atoms with E-state index in [4.69, 9.17) is 9.47 Å². The van der Waals surface area contributed by atoms with E-state index in [0.29, 0.717) is 24.9 Å². The van der Waals surface area contributed by atoms with Gasteiger partial charge in [-0.1, -0.05) is 42.5 Å². The van der Waals surface area contributed by atoms with Crippen molar-refractivity contribution in [2.24, 2.45) is 11.8 Å². The Morgan fingerprint density at radius 3 is 2.61 bits per heavy atom. The van der Waals surface area contributed by atoms with Gasteiger partial charge in [0.1, 0.15) is 17.6 Å². The lowest BCUT2D eigenvalue weighted by atomic mass is 9.66. The number of nitrogens with one attached hydrogen (secondary N) is 1.